The summed E-state index contributed by atoms with van der Waals surface area (Å²) in [5.74, 6) is -1.24. The number of para-hydroxylation sites is 1. The Bertz CT molecular complexity index is 1210. The van der Waals surface area contributed by atoms with Gasteiger partial charge in [-0.15, -0.1) is 0 Å². The monoisotopic (exact) mass is 472 g/mol. The van der Waals surface area contributed by atoms with Crippen LogP contribution >= 0.6 is 0 Å². The number of benzene rings is 3. The first-order valence-electron chi connectivity index (χ1n) is 11.4. The van der Waals surface area contributed by atoms with Crippen LogP contribution in [0.2, 0.25) is 0 Å². The zero-order valence-corrected chi connectivity index (χ0v) is 19.5. The second kappa shape index (κ2) is 10.9. The fraction of sp³-hybridized carbons (Fsp3) is 0.192. The molecule has 1 heterocycles. The van der Waals surface area contributed by atoms with E-state index in [4.69, 9.17) is 0 Å². The van der Waals surface area contributed by atoms with Crippen molar-refractivity contribution in [3.05, 3.63) is 89.7 Å². The maximum Gasteiger partial charge on any atom is 0.253 e. The van der Waals surface area contributed by atoms with Gasteiger partial charge in [0.1, 0.15) is 13.7 Å². The van der Waals surface area contributed by atoms with E-state index in [-0.39, 0.29) is 24.3 Å². The molecule has 3 aromatic carbocycles. The lowest BCUT2D eigenvalue weighted by Gasteiger charge is -2.35. The summed E-state index contributed by atoms with van der Waals surface area (Å²) in [6.07, 6.45) is 0. The highest BCUT2D eigenvalue weighted by molar-refractivity contribution is 6.36. The second-order valence-corrected chi connectivity index (χ2v) is 8.38. The van der Waals surface area contributed by atoms with Gasteiger partial charge in [0.2, 0.25) is 5.91 Å². The Balaban J connectivity index is 1.24. The molecule has 3 aromatic rings. The molecule has 0 atom stereocenters. The van der Waals surface area contributed by atoms with Crippen LogP contribution in [-0.2, 0) is 4.79 Å². The molecule has 1 aliphatic rings. The normalized spacial score (nSPS) is 13.3. The lowest BCUT2D eigenvalue weighted by atomic mass is 9.90. The lowest BCUT2D eigenvalue weighted by Crippen LogP contribution is -2.53. The van der Waals surface area contributed by atoms with Gasteiger partial charge >= 0.3 is 0 Å². The van der Waals surface area contributed by atoms with Crippen molar-refractivity contribution in [3.8, 4) is 0 Å². The average molecular weight is 472 g/mol. The SMILES string of the molecule is Bc1ccc(F)cc1C(=O)N1CCN(C(=O)CNC(=O)c2ccc(Nc3ccccc3)cc2)CC1. The number of hydrogen-bond acceptors (Lipinski definition) is 4. The molecule has 9 heteroatoms. The van der Waals surface area contributed by atoms with Gasteiger partial charge < -0.3 is 20.4 Å². The Morgan fingerprint density at radius 3 is 2.14 bits per heavy atom. The molecule has 1 aliphatic heterocycles. The van der Waals surface area contributed by atoms with Crippen molar-refractivity contribution in [2.45, 2.75) is 0 Å². The van der Waals surface area contributed by atoms with E-state index in [0.29, 0.717) is 42.8 Å². The van der Waals surface area contributed by atoms with E-state index in [1.54, 1.807) is 48.0 Å². The van der Waals surface area contributed by atoms with Crippen molar-refractivity contribution in [2.24, 2.45) is 0 Å². The molecule has 0 aromatic heterocycles. The number of amides is 3. The fourth-order valence-corrected chi connectivity index (χ4v) is 3.92. The van der Waals surface area contributed by atoms with Crippen LogP contribution in [0.4, 0.5) is 15.8 Å². The average Bonchev–Trinajstić information content (AvgIpc) is 2.89. The predicted octanol–water partition coefficient (Wildman–Crippen LogP) is 1.54. The summed E-state index contributed by atoms with van der Waals surface area (Å²) in [4.78, 5) is 41.0. The third-order valence-electron chi connectivity index (χ3n) is 5.96. The first-order valence-corrected chi connectivity index (χ1v) is 11.4. The van der Waals surface area contributed by atoms with Crippen molar-refractivity contribution in [1.29, 1.82) is 0 Å². The molecule has 1 fully saturated rings. The molecule has 35 heavy (non-hydrogen) atoms. The van der Waals surface area contributed by atoms with Crippen LogP contribution in [0.5, 0.6) is 0 Å². The number of hydrogen-bond donors (Lipinski definition) is 2. The van der Waals surface area contributed by atoms with Crippen LogP contribution in [0.25, 0.3) is 0 Å². The predicted molar refractivity (Wildman–Crippen MR) is 136 cm³/mol. The van der Waals surface area contributed by atoms with Crippen molar-refractivity contribution in [3.63, 3.8) is 0 Å². The van der Waals surface area contributed by atoms with Gasteiger partial charge in [-0.2, -0.15) is 0 Å². The highest BCUT2D eigenvalue weighted by Gasteiger charge is 2.26. The molecule has 1 saturated heterocycles. The van der Waals surface area contributed by atoms with Gasteiger partial charge in [0, 0.05) is 48.7 Å². The second-order valence-electron chi connectivity index (χ2n) is 8.38. The molecule has 0 unspecified atom stereocenters. The molecule has 178 valence electrons. The summed E-state index contributed by atoms with van der Waals surface area (Å²) in [5, 5.41) is 5.92. The zero-order valence-electron chi connectivity index (χ0n) is 19.5. The van der Waals surface area contributed by atoms with E-state index in [2.05, 4.69) is 10.6 Å². The van der Waals surface area contributed by atoms with E-state index in [1.165, 1.54) is 12.1 Å². The van der Waals surface area contributed by atoms with E-state index in [0.717, 1.165) is 11.4 Å². The number of piperazine rings is 1. The van der Waals surface area contributed by atoms with Gasteiger partial charge in [0.05, 0.1) is 6.54 Å². The number of halogens is 1. The van der Waals surface area contributed by atoms with Crippen molar-refractivity contribution < 1.29 is 18.8 Å². The van der Waals surface area contributed by atoms with Crippen LogP contribution in [0, 0.1) is 5.82 Å². The molecule has 3 amide bonds. The van der Waals surface area contributed by atoms with Gasteiger partial charge in [0.15, 0.2) is 0 Å². The Kier molecular flexibility index (Phi) is 7.45. The summed E-state index contributed by atoms with van der Waals surface area (Å²) in [5.41, 5.74) is 3.30. The first kappa shape index (κ1) is 24.0. The summed E-state index contributed by atoms with van der Waals surface area (Å²) >= 11 is 0. The lowest BCUT2D eigenvalue weighted by molar-refractivity contribution is -0.131. The standard InChI is InChI=1S/C26H26BFN4O3/c27-23-11-8-19(28)16-22(23)26(35)32-14-12-31(13-15-32)24(33)17-29-25(34)18-6-9-21(10-7-18)30-20-4-2-1-3-5-20/h1-11,16,30H,12-15,17,27H2,(H,29,34). The minimum absolute atomic E-state index is 0.125. The molecule has 0 radical (unpaired) electrons. The topological polar surface area (TPSA) is 81.8 Å². The molecule has 2 N–H and O–H groups in total. The number of carbonyl (C=O) groups excluding carboxylic acids is 3. The Morgan fingerprint density at radius 1 is 0.829 bits per heavy atom. The smallest absolute Gasteiger partial charge is 0.253 e. The van der Waals surface area contributed by atoms with E-state index < -0.39 is 5.82 Å². The first-order chi connectivity index (χ1) is 16.9. The maximum atomic E-state index is 13.6. The van der Waals surface area contributed by atoms with Crippen molar-refractivity contribution >= 4 is 42.4 Å². The highest BCUT2D eigenvalue weighted by Crippen LogP contribution is 2.16. The third kappa shape index (κ3) is 6.06. The van der Waals surface area contributed by atoms with Gasteiger partial charge in [-0.3, -0.25) is 14.4 Å². The highest BCUT2D eigenvalue weighted by atomic mass is 19.1. The third-order valence-corrected chi connectivity index (χ3v) is 5.96. The number of carbonyl (C=O) groups is 3. The summed E-state index contributed by atoms with van der Waals surface area (Å²) < 4.78 is 13.6. The fourth-order valence-electron chi connectivity index (χ4n) is 3.92. The number of nitrogens with one attached hydrogen (secondary N) is 2. The Morgan fingerprint density at radius 2 is 1.46 bits per heavy atom. The van der Waals surface area contributed by atoms with Crippen molar-refractivity contribution in [2.75, 3.05) is 38.0 Å². The number of nitrogens with zero attached hydrogens (tertiary/aromatic N) is 2. The largest absolute Gasteiger partial charge is 0.356 e. The van der Waals surface area contributed by atoms with Crippen molar-refractivity contribution in [1.82, 2.24) is 15.1 Å². The van der Waals surface area contributed by atoms with E-state index in [9.17, 15) is 18.8 Å². The van der Waals surface area contributed by atoms with Gasteiger partial charge in [-0.05, 0) is 48.5 Å². The summed E-state index contributed by atoms with van der Waals surface area (Å²) in [6, 6.07) is 20.9. The van der Waals surface area contributed by atoms with Gasteiger partial charge in [0.25, 0.3) is 11.8 Å². The molecule has 4 rings (SSSR count). The van der Waals surface area contributed by atoms with Crippen LogP contribution in [0.3, 0.4) is 0 Å². The van der Waals surface area contributed by atoms with Crippen LogP contribution < -0.4 is 16.1 Å². The molecule has 0 aliphatic carbocycles. The van der Waals surface area contributed by atoms with E-state index in [1.807, 2.05) is 30.3 Å². The van der Waals surface area contributed by atoms with Gasteiger partial charge in [-0.25, -0.2) is 4.39 Å². The van der Waals surface area contributed by atoms with Crippen LogP contribution in [0.15, 0.2) is 72.8 Å². The molecule has 0 bridgehead atoms. The minimum Gasteiger partial charge on any atom is -0.356 e. The molecular formula is C26H26BFN4O3. The van der Waals surface area contributed by atoms with Crippen LogP contribution in [0.1, 0.15) is 20.7 Å². The zero-order chi connectivity index (χ0) is 24.8. The number of anilines is 2. The van der Waals surface area contributed by atoms with Gasteiger partial charge in [-0.1, -0.05) is 29.7 Å². The van der Waals surface area contributed by atoms with Crippen LogP contribution in [-0.4, -0.2) is 68.1 Å². The minimum atomic E-state index is -0.453. The molecule has 7 nitrogen and oxygen atoms in total. The Labute approximate surface area is 204 Å². The molecular weight excluding hydrogens is 446 g/mol. The molecule has 0 saturated carbocycles. The molecule has 0 spiro atoms. The number of rotatable bonds is 6. The maximum absolute atomic E-state index is 13.6. The summed E-state index contributed by atoms with van der Waals surface area (Å²) in [7, 11) is 1.77. The summed E-state index contributed by atoms with van der Waals surface area (Å²) in [6.45, 7) is 1.29. The Hall–Kier alpha value is -4.14. The van der Waals surface area contributed by atoms with E-state index >= 15 is 0 Å². The quantitative estimate of drug-likeness (QED) is 0.534.